The Bertz CT molecular complexity index is 667. The first kappa shape index (κ1) is 13.3. The van der Waals surface area contributed by atoms with Gasteiger partial charge in [0.2, 0.25) is 0 Å². The fourth-order valence-electron chi connectivity index (χ4n) is 2.67. The van der Waals surface area contributed by atoms with Gasteiger partial charge in [0.05, 0.1) is 29.7 Å². The number of para-hydroxylation sites is 1. The number of H-pyrrole nitrogens is 1. The van der Waals surface area contributed by atoms with Crippen LogP contribution in [-0.4, -0.2) is 40.7 Å². The lowest BCUT2D eigenvalue weighted by Crippen LogP contribution is -2.43. The molecule has 106 valence electrons. The van der Waals surface area contributed by atoms with Gasteiger partial charge < -0.3 is 9.72 Å². The molecule has 0 radical (unpaired) electrons. The van der Waals surface area contributed by atoms with E-state index < -0.39 is 0 Å². The highest BCUT2D eigenvalue weighted by Crippen LogP contribution is 2.20. The van der Waals surface area contributed by atoms with E-state index in [1.54, 1.807) is 6.07 Å². The number of hydrogen-bond acceptors (Lipinski definition) is 4. The van der Waals surface area contributed by atoms with Gasteiger partial charge in [0.25, 0.3) is 5.56 Å². The van der Waals surface area contributed by atoms with Crippen LogP contribution in [0.3, 0.4) is 0 Å². The lowest BCUT2D eigenvalue weighted by atomic mass is 10.2. The van der Waals surface area contributed by atoms with Gasteiger partial charge in [-0.3, -0.25) is 9.69 Å². The van der Waals surface area contributed by atoms with E-state index in [1.165, 1.54) is 0 Å². The van der Waals surface area contributed by atoms with Crippen LogP contribution in [0.25, 0.3) is 10.9 Å². The van der Waals surface area contributed by atoms with Gasteiger partial charge in [0.15, 0.2) is 0 Å². The van der Waals surface area contributed by atoms with Gasteiger partial charge in [-0.05, 0) is 26.0 Å². The third-order valence-corrected chi connectivity index (χ3v) is 3.85. The Labute approximate surface area is 117 Å². The van der Waals surface area contributed by atoms with Crippen LogP contribution in [0.2, 0.25) is 0 Å². The normalized spacial score (nSPS) is 22.0. The van der Waals surface area contributed by atoms with Crippen LogP contribution < -0.4 is 5.56 Å². The molecule has 1 aliphatic heterocycles. The smallest absolute Gasteiger partial charge is 0.258 e. The van der Waals surface area contributed by atoms with Crippen LogP contribution in [0.1, 0.15) is 25.7 Å². The number of hydrogen-bond donors (Lipinski definition) is 1. The molecule has 2 aromatic rings. The molecule has 5 nitrogen and oxygen atoms in total. The van der Waals surface area contributed by atoms with Crippen LogP contribution in [0.4, 0.5) is 0 Å². The molecule has 1 N–H and O–H groups in total. The Morgan fingerprint density at radius 3 is 3.05 bits per heavy atom. The SMILES string of the molecule is C[C@@H]1CN([C@@H](C)c2nc3ccccc3c(=O)[nH]2)CCO1. The van der Waals surface area contributed by atoms with Crippen molar-refractivity contribution in [1.82, 2.24) is 14.9 Å². The second-order valence-electron chi connectivity index (χ2n) is 5.32. The molecule has 20 heavy (non-hydrogen) atoms. The van der Waals surface area contributed by atoms with Crippen LogP contribution >= 0.6 is 0 Å². The number of nitrogens with zero attached hydrogens (tertiary/aromatic N) is 2. The molecule has 3 rings (SSSR count). The molecule has 0 aliphatic carbocycles. The minimum Gasteiger partial charge on any atom is -0.376 e. The molecule has 1 aliphatic rings. The topological polar surface area (TPSA) is 58.2 Å². The average Bonchev–Trinajstić information content (AvgIpc) is 2.46. The molecule has 0 bridgehead atoms. The Morgan fingerprint density at radius 1 is 1.45 bits per heavy atom. The average molecular weight is 273 g/mol. The third-order valence-electron chi connectivity index (χ3n) is 3.85. The molecule has 0 amide bonds. The lowest BCUT2D eigenvalue weighted by molar-refractivity contribution is -0.0330. The van der Waals surface area contributed by atoms with Gasteiger partial charge in [0.1, 0.15) is 5.82 Å². The van der Waals surface area contributed by atoms with E-state index in [1.807, 2.05) is 18.2 Å². The molecule has 0 saturated carbocycles. The zero-order valence-electron chi connectivity index (χ0n) is 11.8. The first-order valence-corrected chi connectivity index (χ1v) is 7.00. The summed E-state index contributed by atoms with van der Waals surface area (Å²) in [7, 11) is 0. The van der Waals surface area contributed by atoms with E-state index in [2.05, 4.69) is 28.7 Å². The fourth-order valence-corrected chi connectivity index (χ4v) is 2.67. The third kappa shape index (κ3) is 2.46. The van der Waals surface area contributed by atoms with E-state index in [-0.39, 0.29) is 17.7 Å². The Kier molecular flexibility index (Phi) is 3.54. The van der Waals surface area contributed by atoms with Gasteiger partial charge in [-0.1, -0.05) is 12.1 Å². The highest BCUT2D eigenvalue weighted by Gasteiger charge is 2.24. The Hall–Kier alpha value is -1.72. The van der Waals surface area contributed by atoms with Crippen molar-refractivity contribution in [3.8, 4) is 0 Å². The number of rotatable bonds is 2. The molecule has 0 unspecified atom stereocenters. The van der Waals surface area contributed by atoms with Crippen molar-refractivity contribution in [2.75, 3.05) is 19.7 Å². The van der Waals surface area contributed by atoms with E-state index >= 15 is 0 Å². The quantitative estimate of drug-likeness (QED) is 0.905. The number of benzene rings is 1. The van der Waals surface area contributed by atoms with Gasteiger partial charge in [-0.25, -0.2) is 4.98 Å². The molecule has 1 fully saturated rings. The summed E-state index contributed by atoms with van der Waals surface area (Å²) in [5.41, 5.74) is 0.679. The summed E-state index contributed by atoms with van der Waals surface area (Å²) >= 11 is 0. The largest absolute Gasteiger partial charge is 0.376 e. The van der Waals surface area contributed by atoms with Crippen molar-refractivity contribution < 1.29 is 4.74 Å². The van der Waals surface area contributed by atoms with Crippen LogP contribution in [0.15, 0.2) is 29.1 Å². The molecule has 2 atom stereocenters. The highest BCUT2D eigenvalue weighted by atomic mass is 16.5. The Morgan fingerprint density at radius 2 is 2.25 bits per heavy atom. The zero-order valence-corrected chi connectivity index (χ0v) is 11.8. The van der Waals surface area contributed by atoms with Crippen LogP contribution in [0, 0.1) is 0 Å². The van der Waals surface area contributed by atoms with E-state index in [9.17, 15) is 4.79 Å². The maximum absolute atomic E-state index is 12.1. The maximum atomic E-state index is 12.1. The second kappa shape index (κ2) is 5.34. The summed E-state index contributed by atoms with van der Waals surface area (Å²) in [5.74, 6) is 0.725. The van der Waals surface area contributed by atoms with Crippen LogP contribution in [0.5, 0.6) is 0 Å². The standard InChI is InChI=1S/C15H19N3O2/c1-10-9-18(7-8-20-10)11(2)14-16-13-6-4-3-5-12(13)15(19)17-14/h3-6,10-11H,7-9H2,1-2H3,(H,16,17,19)/t10-,11+/m1/s1. The van der Waals surface area contributed by atoms with Crippen molar-refractivity contribution in [3.63, 3.8) is 0 Å². The monoisotopic (exact) mass is 273 g/mol. The predicted octanol–water partition coefficient (Wildman–Crippen LogP) is 1.70. The number of morpholine rings is 1. The highest BCUT2D eigenvalue weighted by molar-refractivity contribution is 5.77. The van der Waals surface area contributed by atoms with E-state index in [0.29, 0.717) is 5.39 Å². The minimum atomic E-state index is -0.0706. The number of nitrogens with one attached hydrogen (secondary N) is 1. The molecule has 2 heterocycles. The Balaban J connectivity index is 1.95. The fraction of sp³-hybridized carbons (Fsp3) is 0.467. The summed E-state index contributed by atoms with van der Waals surface area (Å²) in [4.78, 5) is 21.9. The minimum absolute atomic E-state index is 0.0706. The second-order valence-corrected chi connectivity index (χ2v) is 5.32. The zero-order chi connectivity index (χ0) is 14.1. The van der Waals surface area contributed by atoms with Gasteiger partial charge >= 0.3 is 0 Å². The number of fused-ring (bicyclic) bond motifs is 1. The van der Waals surface area contributed by atoms with Crippen molar-refractivity contribution >= 4 is 10.9 Å². The van der Waals surface area contributed by atoms with E-state index in [0.717, 1.165) is 31.0 Å². The number of aromatic nitrogens is 2. The van der Waals surface area contributed by atoms with Crippen molar-refractivity contribution in [3.05, 3.63) is 40.4 Å². The molecule has 1 aromatic heterocycles. The molecule has 1 saturated heterocycles. The summed E-state index contributed by atoms with van der Waals surface area (Å²) < 4.78 is 5.55. The van der Waals surface area contributed by atoms with Crippen molar-refractivity contribution in [2.45, 2.75) is 26.0 Å². The molecular weight excluding hydrogens is 254 g/mol. The van der Waals surface area contributed by atoms with Gasteiger partial charge in [0, 0.05) is 13.1 Å². The lowest BCUT2D eigenvalue weighted by Gasteiger charge is -2.34. The molecule has 0 spiro atoms. The summed E-state index contributed by atoms with van der Waals surface area (Å²) in [6, 6.07) is 7.51. The van der Waals surface area contributed by atoms with Crippen LogP contribution in [-0.2, 0) is 4.74 Å². The van der Waals surface area contributed by atoms with E-state index in [4.69, 9.17) is 4.74 Å². The first-order valence-electron chi connectivity index (χ1n) is 7.00. The van der Waals surface area contributed by atoms with Crippen molar-refractivity contribution in [1.29, 1.82) is 0 Å². The predicted molar refractivity (Wildman–Crippen MR) is 77.8 cm³/mol. The number of ether oxygens (including phenoxy) is 1. The summed E-state index contributed by atoms with van der Waals surface area (Å²) in [6.45, 7) is 6.59. The molecule has 5 heteroatoms. The van der Waals surface area contributed by atoms with Gasteiger partial charge in [-0.15, -0.1) is 0 Å². The van der Waals surface area contributed by atoms with Crippen molar-refractivity contribution in [2.24, 2.45) is 0 Å². The molecular formula is C15H19N3O2. The number of aromatic amines is 1. The maximum Gasteiger partial charge on any atom is 0.258 e. The first-order chi connectivity index (χ1) is 9.65. The molecule has 1 aromatic carbocycles. The summed E-state index contributed by atoms with van der Waals surface area (Å²) in [5, 5.41) is 0.638. The van der Waals surface area contributed by atoms with Gasteiger partial charge in [-0.2, -0.15) is 0 Å². The summed E-state index contributed by atoms with van der Waals surface area (Å²) in [6.07, 6.45) is 0.221.